The predicted octanol–water partition coefficient (Wildman–Crippen LogP) is 0.712. The smallest absolute Gasteiger partial charge is 0.228 e. The molecule has 0 saturated carbocycles. The Morgan fingerprint density at radius 3 is 3.00 bits per heavy atom. The summed E-state index contributed by atoms with van der Waals surface area (Å²) in [5.74, 6) is 1.45. The zero-order valence-corrected chi connectivity index (χ0v) is 11.1. The summed E-state index contributed by atoms with van der Waals surface area (Å²) < 4.78 is 16.4. The number of rotatable bonds is 4. The minimum Gasteiger partial charge on any atom is -0.378 e. The van der Waals surface area contributed by atoms with E-state index in [0.717, 1.165) is 44.8 Å². The van der Waals surface area contributed by atoms with E-state index in [-0.39, 0.29) is 12.1 Å². The Morgan fingerprint density at radius 2 is 2.21 bits per heavy atom. The molecule has 2 unspecified atom stereocenters. The molecule has 2 aliphatic rings. The first kappa shape index (κ1) is 13.0. The lowest BCUT2D eigenvalue weighted by Gasteiger charge is -2.22. The van der Waals surface area contributed by atoms with Gasteiger partial charge in [0.2, 0.25) is 5.89 Å². The topological polar surface area (TPSA) is 69.4 Å². The molecule has 2 atom stereocenters. The second kappa shape index (κ2) is 6.45. The van der Waals surface area contributed by atoms with Crippen LogP contribution in [0.2, 0.25) is 0 Å². The van der Waals surface area contributed by atoms with Crippen molar-refractivity contribution in [3.8, 4) is 0 Å². The van der Waals surface area contributed by atoms with Crippen LogP contribution in [0.5, 0.6) is 0 Å². The number of hydrogen-bond donors (Lipinski definition) is 1. The van der Waals surface area contributed by atoms with Gasteiger partial charge in [0.05, 0.1) is 19.3 Å². The van der Waals surface area contributed by atoms with E-state index in [1.165, 1.54) is 12.8 Å². The molecule has 6 heteroatoms. The molecular weight excluding hydrogens is 246 g/mol. The second-order valence-corrected chi connectivity index (χ2v) is 5.23. The average molecular weight is 267 g/mol. The maximum Gasteiger partial charge on any atom is 0.228 e. The van der Waals surface area contributed by atoms with E-state index in [2.05, 4.69) is 15.5 Å². The van der Waals surface area contributed by atoms with Gasteiger partial charge >= 0.3 is 0 Å². The Hall–Kier alpha value is -0.980. The number of aromatic nitrogens is 2. The Bertz CT molecular complexity index is 350. The van der Waals surface area contributed by atoms with Gasteiger partial charge in [-0.05, 0) is 19.3 Å². The summed E-state index contributed by atoms with van der Waals surface area (Å²) in [7, 11) is 0. The summed E-state index contributed by atoms with van der Waals surface area (Å²) in [6.45, 7) is 3.24. The van der Waals surface area contributed by atoms with Crippen molar-refractivity contribution in [1.29, 1.82) is 0 Å². The maximum absolute atomic E-state index is 5.69. The number of hydrogen-bond acceptors (Lipinski definition) is 6. The molecule has 0 aromatic carbocycles. The van der Waals surface area contributed by atoms with Crippen LogP contribution in [0.4, 0.5) is 0 Å². The molecule has 2 fully saturated rings. The molecule has 6 nitrogen and oxygen atoms in total. The minimum absolute atomic E-state index is 0.260. The third-order valence-corrected chi connectivity index (χ3v) is 3.61. The van der Waals surface area contributed by atoms with Crippen LogP contribution in [0.15, 0.2) is 4.52 Å². The van der Waals surface area contributed by atoms with Gasteiger partial charge in [-0.1, -0.05) is 5.16 Å². The van der Waals surface area contributed by atoms with Crippen molar-refractivity contribution in [1.82, 2.24) is 15.5 Å². The van der Waals surface area contributed by atoms with Gasteiger partial charge in [-0.2, -0.15) is 4.98 Å². The Morgan fingerprint density at radius 1 is 1.21 bits per heavy atom. The summed E-state index contributed by atoms with van der Waals surface area (Å²) in [6, 6.07) is 0.285. The van der Waals surface area contributed by atoms with Crippen molar-refractivity contribution in [3.63, 3.8) is 0 Å². The van der Waals surface area contributed by atoms with Gasteiger partial charge in [-0.3, -0.25) is 0 Å². The Labute approximate surface area is 112 Å². The molecule has 3 rings (SSSR count). The molecule has 1 aromatic heterocycles. The normalized spacial score (nSPS) is 28.4. The van der Waals surface area contributed by atoms with Gasteiger partial charge < -0.3 is 19.3 Å². The molecule has 0 spiro atoms. The van der Waals surface area contributed by atoms with Crippen molar-refractivity contribution in [2.24, 2.45) is 0 Å². The molecular formula is C13H21N3O3. The summed E-state index contributed by atoms with van der Waals surface area (Å²) in [5.41, 5.74) is 0. The van der Waals surface area contributed by atoms with Crippen LogP contribution in [-0.2, 0) is 22.3 Å². The maximum atomic E-state index is 5.69. The molecule has 1 aromatic rings. The first-order chi connectivity index (χ1) is 9.40. The highest BCUT2D eigenvalue weighted by Gasteiger charge is 2.20. The molecule has 3 heterocycles. The molecule has 2 aliphatic heterocycles. The molecule has 0 amide bonds. The number of ether oxygens (including phenoxy) is 2. The van der Waals surface area contributed by atoms with Crippen LogP contribution in [0.25, 0.3) is 0 Å². The van der Waals surface area contributed by atoms with Gasteiger partial charge in [0.25, 0.3) is 0 Å². The molecule has 2 saturated heterocycles. The van der Waals surface area contributed by atoms with Crippen LogP contribution >= 0.6 is 0 Å². The van der Waals surface area contributed by atoms with Gasteiger partial charge in [0.1, 0.15) is 0 Å². The third kappa shape index (κ3) is 3.75. The highest BCUT2D eigenvalue weighted by atomic mass is 16.5. The first-order valence-corrected chi connectivity index (χ1v) is 7.14. The van der Waals surface area contributed by atoms with E-state index in [0.29, 0.717) is 12.5 Å². The van der Waals surface area contributed by atoms with E-state index >= 15 is 0 Å². The summed E-state index contributed by atoms with van der Waals surface area (Å²) in [4.78, 5) is 4.45. The molecule has 0 bridgehead atoms. The monoisotopic (exact) mass is 267 g/mol. The fourth-order valence-electron chi connectivity index (χ4n) is 2.59. The van der Waals surface area contributed by atoms with Gasteiger partial charge in [0, 0.05) is 32.0 Å². The lowest BCUT2D eigenvalue weighted by atomic mass is 10.1. The van der Waals surface area contributed by atoms with Gasteiger partial charge in [-0.25, -0.2) is 0 Å². The quantitative estimate of drug-likeness (QED) is 0.866. The molecule has 0 aliphatic carbocycles. The zero-order chi connectivity index (χ0) is 12.9. The number of morpholine rings is 1. The molecule has 0 radical (unpaired) electrons. The number of nitrogens with zero attached hydrogens (tertiary/aromatic N) is 2. The first-order valence-electron chi connectivity index (χ1n) is 7.14. The van der Waals surface area contributed by atoms with E-state index in [1.54, 1.807) is 0 Å². The van der Waals surface area contributed by atoms with Crippen LogP contribution in [0, 0.1) is 0 Å². The fraction of sp³-hybridized carbons (Fsp3) is 0.846. The highest BCUT2D eigenvalue weighted by Crippen LogP contribution is 2.16. The zero-order valence-electron chi connectivity index (χ0n) is 11.1. The van der Waals surface area contributed by atoms with E-state index in [4.69, 9.17) is 14.0 Å². The van der Waals surface area contributed by atoms with Crippen molar-refractivity contribution < 1.29 is 14.0 Å². The predicted molar refractivity (Wildman–Crippen MR) is 67.9 cm³/mol. The van der Waals surface area contributed by atoms with Crippen LogP contribution in [0.3, 0.4) is 0 Å². The largest absolute Gasteiger partial charge is 0.378 e. The van der Waals surface area contributed by atoms with Crippen molar-refractivity contribution in [3.05, 3.63) is 11.7 Å². The lowest BCUT2D eigenvalue weighted by molar-refractivity contribution is 0.0153. The summed E-state index contributed by atoms with van der Waals surface area (Å²) in [6.07, 6.45) is 5.26. The third-order valence-electron chi connectivity index (χ3n) is 3.61. The Balaban J connectivity index is 1.50. The SMILES string of the molecule is C1CCC(Cc2noc(CC3COCCN3)n2)OC1. The second-order valence-electron chi connectivity index (χ2n) is 5.23. The van der Waals surface area contributed by atoms with E-state index in [1.807, 2.05) is 0 Å². The number of nitrogens with one attached hydrogen (secondary N) is 1. The fourth-order valence-corrected chi connectivity index (χ4v) is 2.59. The van der Waals surface area contributed by atoms with Crippen molar-refractivity contribution in [2.45, 2.75) is 44.2 Å². The van der Waals surface area contributed by atoms with Gasteiger partial charge in [0.15, 0.2) is 5.82 Å². The van der Waals surface area contributed by atoms with Crippen molar-refractivity contribution >= 4 is 0 Å². The van der Waals surface area contributed by atoms with E-state index in [9.17, 15) is 0 Å². The van der Waals surface area contributed by atoms with Crippen LogP contribution < -0.4 is 5.32 Å². The summed E-state index contributed by atoms with van der Waals surface area (Å²) >= 11 is 0. The highest BCUT2D eigenvalue weighted by molar-refractivity contribution is 4.92. The molecule has 19 heavy (non-hydrogen) atoms. The minimum atomic E-state index is 0.260. The van der Waals surface area contributed by atoms with Crippen LogP contribution in [0.1, 0.15) is 31.0 Å². The Kier molecular flexibility index (Phi) is 4.42. The van der Waals surface area contributed by atoms with Gasteiger partial charge in [-0.15, -0.1) is 0 Å². The van der Waals surface area contributed by atoms with Crippen LogP contribution in [-0.4, -0.2) is 48.7 Å². The van der Waals surface area contributed by atoms with Crippen molar-refractivity contribution in [2.75, 3.05) is 26.4 Å². The molecule has 1 N–H and O–H groups in total. The molecule has 106 valence electrons. The van der Waals surface area contributed by atoms with E-state index < -0.39 is 0 Å². The lowest BCUT2D eigenvalue weighted by Crippen LogP contribution is -2.42. The average Bonchev–Trinajstić information content (AvgIpc) is 2.88. The summed E-state index contributed by atoms with van der Waals surface area (Å²) in [5, 5.41) is 7.42. The standard InChI is InChI=1S/C13H21N3O3/c1-2-5-18-11(3-1)8-12-15-13(19-16-12)7-10-9-17-6-4-14-10/h10-11,14H,1-9H2.